The molecule has 0 atom stereocenters. The molecule has 0 aromatic heterocycles. The molecule has 5 heteroatoms. The molecule has 0 saturated heterocycles. The molecule has 1 aromatic carbocycles. The van der Waals surface area contributed by atoms with Gasteiger partial charge in [-0.25, -0.2) is 0 Å². The zero-order valence-electron chi connectivity index (χ0n) is 9.57. The molecule has 1 aromatic rings. The topological polar surface area (TPSA) is 55.4 Å². The van der Waals surface area contributed by atoms with Crippen LogP contribution in [0.1, 0.15) is 31.9 Å². The van der Waals surface area contributed by atoms with Gasteiger partial charge in [-0.15, -0.1) is 0 Å². The van der Waals surface area contributed by atoms with Gasteiger partial charge in [-0.05, 0) is 17.0 Å². The first-order valence-electron chi connectivity index (χ1n) is 5.10. The first-order valence-corrected chi connectivity index (χ1v) is 6.51. The SMILES string of the molecule is CC(C)(C)c1ccc2c(c1)CNS(=O)(=O)O2. The van der Waals surface area contributed by atoms with E-state index < -0.39 is 10.3 Å². The molecule has 2 rings (SSSR count). The van der Waals surface area contributed by atoms with Crippen LogP contribution in [-0.2, 0) is 22.3 Å². The van der Waals surface area contributed by atoms with Crippen LogP contribution in [-0.4, -0.2) is 8.42 Å². The van der Waals surface area contributed by atoms with Gasteiger partial charge in [-0.3, -0.25) is 0 Å². The highest BCUT2D eigenvalue weighted by Gasteiger charge is 2.23. The fourth-order valence-corrected chi connectivity index (χ4v) is 2.37. The fraction of sp³-hybridized carbons (Fsp3) is 0.455. The molecule has 0 spiro atoms. The minimum Gasteiger partial charge on any atom is -0.371 e. The second kappa shape index (κ2) is 3.46. The van der Waals surface area contributed by atoms with Crippen molar-refractivity contribution in [3.63, 3.8) is 0 Å². The minimum atomic E-state index is -3.59. The highest BCUT2D eigenvalue weighted by Crippen LogP contribution is 2.30. The van der Waals surface area contributed by atoms with Crippen LogP contribution in [0.3, 0.4) is 0 Å². The summed E-state index contributed by atoms with van der Waals surface area (Å²) in [4.78, 5) is 0. The Balaban J connectivity index is 2.43. The van der Waals surface area contributed by atoms with Crippen molar-refractivity contribution < 1.29 is 12.6 Å². The van der Waals surface area contributed by atoms with E-state index in [-0.39, 0.29) is 5.41 Å². The Morgan fingerprint density at radius 1 is 1.31 bits per heavy atom. The molecule has 0 saturated carbocycles. The number of hydrogen-bond acceptors (Lipinski definition) is 3. The van der Waals surface area contributed by atoms with Crippen LogP contribution >= 0.6 is 0 Å². The standard InChI is InChI=1S/C11H15NO3S/c1-11(2,3)9-4-5-10-8(6-9)7-12-16(13,14)15-10/h4-6,12H,7H2,1-3H3. The fourth-order valence-electron chi connectivity index (χ4n) is 1.58. The van der Waals surface area contributed by atoms with Gasteiger partial charge in [-0.1, -0.05) is 32.9 Å². The molecule has 16 heavy (non-hydrogen) atoms. The van der Waals surface area contributed by atoms with E-state index in [0.29, 0.717) is 12.3 Å². The van der Waals surface area contributed by atoms with Crippen LogP contribution in [0.2, 0.25) is 0 Å². The molecule has 0 unspecified atom stereocenters. The minimum absolute atomic E-state index is 0.0470. The maximum atomic E-state index is 11.2. The molecular weight excluding hydrogens is 226 g/mol. The van der Waals surface area contributed by atoms with Crippen LogP contribution in [0, 0.1) is 0 Å². The summed E-state index contributed by atoms with van der Waals surface area (Å²) < 4.78 is 29.5. The lowest BCUT2D eigenvalue weighted by Crippen LogP contribution is -2.32. The van der Waals surface area contributed by atoms with E-state index in [1.165, 1.54) is 0 Å². The molecule has 0 radical (unpaired) electrons. The van der Waals surface area contributed by atoms with Gasteiger partial charge in [0.25, 0.3) is 0 Å². The summed E-state index contributed by atoms with van der Waals surface area (Å²) in [5, 5.41) is 0. The van der Waals surface area contributed by atoms with E-state index >= 15 is 0 Å². The van der Waals surface area contributed by atoms with Crippen LogP contribution in [0.15, 0.2) is 18.2 Å². The number of rotatable bonds is 0. The van der Waals surface area contributed by atoms with Crippen molar-refractivity contribution in [2.75, 3.05) is 0 Å². The molecular formula is C11H15NO3S. The lowest BCUT2D eigenvalue weighted by atomic mass is 9.86. The van der Waals surface area contributed by atoms with Crippen molar-refractivity contribution >= 4 is 10.3 Å². The first kappa shape index (κ1) is 11.4. The van der Waals surface area contributed by atoms with E-state index in [4.69, 9.17) is 4.18 Å². The van der Waals surface area contributed by atoms with Gasteiger partial charge in [0.15, 0.2) is 0 Å². The first-order chi connectivity index (χ1) is 7.28. The van der Waals surface area contributed by atoms with Crippen LogP contribution in [0.4, 0.5) is 0 Å². The summed E-state index contributed by atoms with van der Waals surface area (Å²) in [5.41, 5.74) is 2.09. The second-order valence-corrected chi connectivity index (χ2v) is 6.29. The van der Waals surface area contributed by atoms with Crippen molar-refractivity contribution in [1.29, 1.82) is 0 Å². The van der Waals surface area contributed by atoms with E-state index in [2.05, 4.69) is 25.5 Å². The molecule has 0 aliphatic carbocycles. The summed E-state index contributed by atoms with van der Waals surface area (Å²) >= 11 is 0. The predicted octanol–water partition coefficient (Wildman–Crippen LogP) is 1.71. The third-order valence-electron chi connectivity index (χ3n) is 2.57. The van der Waals surface area contributed by atoms with Crippen LogP contribution < -0.4 is 8.91 Å². The molecule has 0 fully saturated rings. The molecule has 1 heterocycles. The zero-order chi connectivity index (χ0) is 12.0. The van der Waals surface area contributed by atoms with Crippen molar-refractivity contribution in [2.45, 2.75) is 32.7 Å². The summed E-state index contributed by atoms with van der Waals surface area (Å²) in [6, 6.07) is 5.60. The van der Waals surface area contributed by atoms with Crippen molar-refractivity contribution in [3.05, 3.63) is 29.3 Å². The molecule has 1 aliphatic rings. The largest absolute Gasteiger partial charge is 0.382 e. The maximum absolute atomic E-state index is 11.2. The van der Waals surface area contributed by atoms with Gasteiger partial charge in [0.2, 0.25) is 0 Å². The van der Waals surface area contributed by atoms with E-state index in [1.807, 2.05) is 12.1 Å². The zero-order valence-corrected chi connectivity index (χ0v) is 10.4. The lowest BCUT2D eigenvalue weighted by molar-refractivity contribution is 0.452. The number of hydrogen-bond donors (Lipinski definition) is 1. The molecule has 4 nitrogen and oxygen atoms in total. The predicted molar refractivity (Wildman–Crippen MR) is 61.5 cm³/mol. The van der Waals surface area contributed by atoms with Gasteiger partial charge in [0.05, 0.1) is 0 Å². The smallest absolute Gasteiger partial charge is 0.371 e. The summed E-state index contributed by atoms with van der Waals surface area (Å²) in [6.07, 6.45) is 0. The molecule has 1 aliphatic heterocycles. The van der Waals surface area contributed by atoms with E-state index in [9.17, 15) is 8.42 Å². The number of nitrogens with one attached hydrogen (secondary N) is 1. The van der Waals surface area contributed by atoms with Gasteiger partial charge in [0.1, 0.15) is 5.75 Å². The quantitative estimate of drug-likeness (QED) is 0.752. The highest BCUT2D eigenvalue weighted by molar-refractivity contribution is 7.85. The second-order valence-electron chi connectivity index (χ2n) is 4.93. The average molecular weight is 241 g/mol. The summed E-state index contributed by atoms with van der Waals surface area (Å²) in [6.45, 7) is 6.63. The van der Waals surface area contributed by atoms with Gasteiger partial charge < -0.3 is 4.18 Å². The van der Waals surface area contributed by atoms with Crippen LogP contribution in [0.5, 0.6) is 5.75 Å². The van der Waals surface area contributed by atoms with Gasteiger partial charge in [0, 0.05) is 12.1 Å². The Hall–Kier alpha value is -1.07. The van der Waals surface area contributed by atoms with Gasteiger partial charge >= 0.3 is 10.3 Å². The molecule has 1 N–H and O–H groups in total. The Morgan fingerprint density at radius 3 is 2.62 bits per heavy atom. The normalized spacial score (nSPS) is 18.7. The Morgan fingerprint density at radius 2 is 2.00 bits per heavy atom. The van der Waals surface area contributed by atoms with Crippen LogP contribution in [0.25, 0.3) is 0 Å². The third kappa shape index (κ3) is 2.20. The van der Waals surface area contributed by atoms with Crippen molar-refractivity contribution in [3.8, 4) is 5.75 Å². The molecule has 0 amide bonds. The van der Waals surface area contributed by atoms with Crippen molar-refractivity contribution in [1.82, 2.24) is 4.72 Å². The Bertz CT molecular complexity index is 515. The molecule has 88 valence electrons. The average Bonchev–Trinajstić information content (AvgIpc) is 2.14. The molecule has 0 bridgehead atoms. The van der Waals surface area contributed by atoms with Gasteiger partial charge in [-0.2, -0.15) is 13.1 Å². The Kier molecular flexibility index (Phi) is 2.47. The maximum Gasteiger partial charge on any atom is 0.382 e. The summed E-state index contributed by atoms with van der Waals surface area (Å²) in [7, 11) is -3.59. The number of fused-ring (bicyclic) bond motifs is 1. The number of benzene rings is 1. The summed E-state index contributed by atoms with van der Waals surface area (Å²) in [5.74, 6) is 0.423. The third-order valence-corrected chi connectivity index (χ3v) is 3.46. The van der Waals surface area contributed by atoms with Crippen molar-refractivity contribution in [2.24, 2.45) is 0 Å². The van der Waals surface area contributed by atoms with E-state index in [0.717, 1.165) is 11.1 Å². The highest BCUT2D eigenvalue weighted by atomic mass is 32.2. The lowest BCUT2D eigenvalue weighted by Gasteiger charge is -2.23. The Labute approximate surface area is 95.9 Å². The van der Waals surface area contributed by atoms with E-state index in [1.54, 1.807) is 6.07 Å². The monoisotopic (exact) mass is 241 g/mol.